The van der Waals surface area contributed by atoms with Gasteiger partial charge in [0.2, 0.25) is 0 Å². The SMILES string of the molecule is CCCCOc1c(C(C)=O)c(O)c(N(C)C)c2c1C(O)=C1C(=O)c3c(O)ccc(N(C)C)c3CC1C2. The number of hydrogen-bond acceptors (Lipinski definition) is 8. The number of aromatic hydroxyl groups is 2. The van der Waals surface area contributed by atoms with Crippen molar-refractivity contribution in [2.75, 3.05) is 44.6 Å². The van der Waals surface area contributed by atoms with Crippen LogP contribution < -0.4 is 14.5 Å². The van der Waals surface area contributed by atoms with Gasteiger partial charge >= 0.3 is 0 Å². The molecule has 2 aromatic carbocycles. The third-order valence-corrected chi connectivity index (χ3v) is 7.07. The normalized spacial score (nSPS) is 16.3. The molecule has 0 aliphatic heterocycles. The van der Waals surface area contributed by atoms with Gasteiger partial charge in [-0.25, -0.2) is 0 Å². The number of rotatable bonds is 7. The molecule has 0 fully saturated rings. The Morgan fingerprint density at radius 1 is 1.03 bits per heavy atom. The number of aliphatic hydroxyl groups is 1. The average Bonchev–Trinajstić information content (AvgIpc) is 2.78. The number of anilines is 2. The number of carbonyl (C=O) groups is 2. The molecule has 1 unspecified atom stereocenters. The van der Waals surface area contributed by atoms with Gasteiger partial charge in [-0.15, -0.1) is 0 Å². The van der Waals surface area contributed by atoms with Gasteiger partial charge in [0.05, 0.1) is 23.4 Å². The molecule has 1 atom stereocenters. The largest absolute Gasteiger partial charge is 0.507 e. The minimum Gasteiger partial charge on any atom is -0.507 e. The van der Waals surface area contributed by atoms with Gasteiger partial charge in [-0.3, -0.25) is 9.59 Å². The summed E-state index contributed by atoms with van der Waals surface area (Å²) in [5.41, 5.74) is 3.25. The van der Waals surface area contributed by atoms with Gasteiger partial charge in [-0.1, -0.05) is 13.3 Å². The van der Waals surface area contributed by atoms with Crippen LogP contribution in [0, 0.1) is 5.92 Å². The van der Waals surface area contributed by atoms with Crippen LogP contribution in [0.5, 0.6) is 17.2 Å². The molecule has 0 bridgehead atoms. The zero-order valence-corrected chi connectivity index (χ0v) is 21.7. The molecule has 4 rings (SSSR count). The quantitative estimate of drug-likeness (QED) is 0.381. The molecular weight excluding hydrogens is 460 g/mol. The Bertz CT molecular complexity index is 1290. The number of carbonyl (C=O) groups excluding carboxylic acids is 2. The Labute approximate surface area is 211 Å². The molecule has 2 aliphatic carbocycles. The molecule has 3 N–H and O–H groups in total. The van der Waals surface area contributed by atoms with Crippen LogP contribution in [0.15, 0.2) is 17.7 Å². The lowest BCUT2D eigenvalue weighted by Gasteiger charge is -2.36. The van der Waals surface area contributed by atoms with Crippen molar-refractivity contribution in [3.8, 4) is 17.2 Å². The van der Waals surface area contributed by atoms with Crippen LogP contribution in [0.4, 0.5) is 11.4 Å². The Morgan fingerprint density at radius 3 is 2.28 bits per heavy atom. The predicted octanol–water partition coefficient (Wildman–Crippen LogP) is 4.49. The van der Waals surface area contributed by atoms with E-state index in [-0.39, 0.29) is 51.2 Å². The standard InChI is InChI=1S/C28H34N2O6/c1-7-8-11-36-28-20(14(2)31)27(35)24(30(5)6)17-13-15-12-16-18(29(3)4)9-10-19(32)22(16)25(33)21(15)26(34)23(17)28/h9-10,15,32,34-35H,7-8,11-13H2,1-6H3. The van der Waals surface area contributed by atoms with Crippen molar-refractivity contribution in [1.29, 1.82) is 0 Å². The lowest BCUT2D eigenvalue weighted by molar-refractivity contribution is 0.0999. The predicted molar refractivity (Wildman–Crippen MR) is 140 cm³/mol. The lowest BCUT2D eigenvalue weighted by Crippen LogP contribution is -2.32. The van der Waals surface area contributed by atoms with Gasteiger partial charge in [-0.05, 0) is 55.4 Å². The molecule has 0 saturated heterocycles. The minimum atomic E-state index is -0.436. The summed E-state index contributed by atoms with van der Waals surface area (Å²) in [5.74, 6) is -1.70. The van der Waals surface area contributed by atoms with Crippen molar-refractivity contribution in [2.24, 2.45) is 5.92 Å². The van der Waals surface area contributed by atoms with E-state index in [9.17, 15) is 24.9 Å². The lowest BCUT2D eigenvalue weighted by atomic mass is 9.70. The van der Waals surface area contributed by atoms with Crippen molar-refractivity contribution in [3.05, 3.63) is 45.5 Å². The van der Waals surface area contributed by atoms with E-state index in [0.29, 0.717) is 30.7 Å². The van der Waals surface area contributed by atoms with Gasteiger partial charge in [0.1, 0.15) is 22.8 Å². The maximum absolute atomic E-state index is 13.8. The number of allylic oxidation sites excluding steroid dienone is 1. The van der Waals surface area contributed by atoms with Crippen LogP contribution in [0.3, 0.4) is 0 Å². The van der Waals surface area contributed by atoms with Crippen LogP contribution in [-0.4, -0.2) is 61.7 Å². The fraction of sp³-hybridized carbons (Fsp3) is 0.429. The van der Waals surface area contributed by atoms with Crippen molar-refractivity contribution < 1.29 is 29.6 Å². The molecule has 192 valence electrons. The molecule has 8 nitrogen and oxygen atoms in total. The highest BCUT2D eigenvalue weighted by Gasteiger charge is 2.43. The molecule has 2 aromatic rings. The zero-order valence-electron chi connectivity index (χ0n) is 21.7. The molecule has 0 saturated carbocycles. The molecule has 0 aromatic heterocycles. The highest BCUT2D eigenvalue weighted by Crippen LogP contribution is 2.53. The van der Waals surface area contributed by atoms with Crippen molar-refractivity contribution in [1.82, 2.24) is 0 Å². The highest BCUT2D eigenvalue weighted by molar-refractivity contribution is 6.18. The molecule has 0 heterocycles. The Kier molecular flexibility index (Phi) is 6.64. The fourth-order valence-corrected chi connectivity index (χ4v) is 5.50. The Morgan fingerprint density at radius 2 is 1.69 bits per heavy atom. The summed E-state index contributed by atoms with van der Waals surface area (Å²) >= 11 is 0. The number of benzene rings is 2. The second-order valence-electron chi connectivity index (χ2n) is 9.96. The van der Waals surface area contributed by atoms with E-state index >= 15 is 0 Å². The van der Waals surface area contributed by atoms with E-state index in [4.69, 9.17) is 4.74 Å². The summed E-state index contributed by atoms with van der Waals surface area (Å²) in [6, 6.07) is 3.28. The van der Waals surface area contributed by atoms with Crippen LogP contribution in [-0.2, 0) is 12.8 Å². The first-order chi connectivity index (χ1) is 17.0. The molecular formula is C28H34N2O6. The number of fused-ring (bicyclic) bond motifs is 3. The van der Waals surface area contributed by atoms with E-state index < -0.39 is 11.6 Å². The number of Topliss-reactive ketones (excluding diaryl/α,β-unsaturated/α-hetero) is 2. The van der Waals surface area contributed by atoms with Gasteiger partial charge in [-0.2, -0.15) is 0 Å². The molecule has 2 aliphatic rings. The van der Waals surface area contributed by atoms with E-state index in [0.717, 1.165) is 24.1 Å². The summed E-state index contributed by atoms with van der Waals surface area (Å²) in [4.78, 5) is 30.1. The molecule has 0 spiro atoms. The van der Waals surface area contributed by atoms with Crippen molar-refractivity contribution >= 4 is 28.7 Å². The fourth-order valence-electron chi connectivity index (χ4n) is 5.50. The van der Waals surface area contributed by atoms with E-state index in [1.165, 1.54) is 13.0 Å². The summed E-state index contributed by atoms with van der Waals surface area (Å²) < 4.78 is 6.02. The van der Waals surface area contributed by atoms with Crippen LogP contribution >= 0.6 is 0 Å². The summed E-state index contributed by atoms with van der Waals surface area (Å²) in [6.07, 6.45) is 2.36. The highest BCUT2D eigenvalue weighted by atomic mass is 16.5. The van der Waals surface area contributed by atoms with E-state index in [2.05, 4.69) is 0 Å². The molecule has 0 amide bonds. The van der Waals surface area contributed by atoms with Gasteiger partial charge in [0, 0.05) is 39.5 Å². The van der Waals surface area contributed by atoms with Crippen molar-refractivity contribution in [2.45, 2.75) is 39.5 Å². The smallest absolute Gasteiger partial charge is 0.197 e. The van der Waals surface area contributed by atoms with Crippen LogP contribution in [0.1, 0.15) is 64.1 Å². The molecule has 0 radical (unpaired) electrons. The first-order valence-electron chi connectivity index (χ1n) is 12.2. The first-order valence-corrected chi connectivity index (χ1v) is 12.2. The van der Waals surface area contributed by atoms with Crippen LogP contribution in [0.25, 0.3) is 5.76 Å². The number of aliphatic hydroxyl groups excluding tert-OH is 1. The number of phenolic OH excluding ortho intramolecular Hbond substituents is 2. The molecule has 36 heavy (non-hydrogen) atoms. The Hall–Kier alpha value is -3.68. The summed E-state index contributed by atoms with van der Waals surface area (Å²) in [5, 5.41) is 33.5. The monoisotopic (exact) mass is 494 g/mol. The van der Waals surface area contributed by atoms with Gasteiger partial charge < -0.3 is 29.9 Å². The average molecular weight is 495 g/mol. The number of phenols is 2. The number of ketones is 2. The Balaban J connectivity index is 2.04. The number of ether oxygens (including phenoxy) is 1. The maximum atomic E-state index is 13.8. The number of nitrogens with zero attached hydrogens (tertiary/aromatic N) is 2. The zero-order chi connectivity index (χ0) is 26.5. The second kappa shape index (κ2) is 9.41. The number of unbranched alkanes of at least 4 members (excludes halogenated alkanes) is 1. The maximum Gasteiger partial charge on any atom is 0.197 e. The van der Waals surface area contributed by atoms with Crippen LogP contribution in [0.2, 0.25) is 0 Å². The topological polar surface area (TPSA) is 111 Å². The summed E-state index contributed by atoms with van der Waals surface area (Å²) in [7, 11) is 7.27. The van der Waals surface area contributed by atoms with E-state index in [1.807, 2.05) is 25.9 Å². The number of hydrogen-bond donors (Lipinski definition) is 3. The summed E-state index contributed by atoms with van der Waals surface area (Å²) in [6.45, 7) is 3.64. The van der Waals surface area contributed by atoms with Gasteiger partial charge in [0.25, 0.3) is 0 Å². The third kappa shape index (κ3) is 3.85. The first kappa shape index (κ1) is 25.4. The van der Waals surface area contributed by atoms with Gasteiger partial charge in [0.15, 0.2) is 17.3 Å². The van der Waals surface area contributed by atoms with Crippen molar-refractivity contribution in [3.63, 3.8) is 0 Å². The third-order valence-electron chi connectivity index (χ3n) is 7.07. The van der Waals surface area contributed by atoms with E-state index in [1.54, 1.807) is 25.1 Å². The minimum absolute atomic E-state index is 0.0134. The second-order valence-corrected chi connectivity index (χ2v) is 9.96. The molecule has 8 heteroatoms.